The number of aryl methyl sites for hydroxylation is 1. The van der Waals surface area contributed by atoms with Gasteiger partial charge in [0.05, 0.1) is 9.82 Å². The Morgan fingerprint density at radius 3 is 1.87 bits per heavy atom. The summed E-state index contributed by atoms with van der Waals surface area (Å²) < 4.78 is 54.2. The Labute approximate surface area is 176 Å². The Bertz CT molecular complexity index is 1100. The SMILES string of the molecule is Cc1ccccc1S(=O)(=O)NCCN(C)CCNS(=O)(=O)c1ccccc1[N+](=O)[O-]. The highest BCUT2D eigenvalue weighted by atomic mass is 32.2. The van der Waals surface area contributed by atoms with Gasteiger partial charge in [-0.25, -0.2) is 26.3 Å². The summed E-state index contributed by atoms with van der Waals surface area (Å²) in [6.07, 6.45) is 0. The van der Waals surface area contributed by atoms with Crippen molar-refractivity contribution in [1.82, 2.24) is 14.3 Å². The number of rotatable bonds is 11. The third-order valence-electron chi connectivity index (χ3n) is 4.31. The zero-order chi connectivity index (χ0) is 22.4. The highest BCUT2D eigenvalue weighted by molar-refractivity contribution is 7.89. The number of likely N-dealkylation sites (N-methyl/N-ethyl adjacent to an activating group) is 1. The van der Waals surface area contributed by atoms with Crippen molar-refractivity contribution in [2.75, 3.05) is 33.2 Å². The Kier molecular flexibility index (Phi) is 8.03. The molecule has 12 heteroatoms. The molecule has 0 aliphatic heterocycles. The molecule has 0 aliphatic rings. The summed E-state index contributed by atoms with van der Waals surface area (Å²) in [6, 6.07) is 11.7. The van der Waals surface area contributed by atoms with Gasteiger partial charge in [0.1, 0.15) is 0 Å². The monoisotopic (exact) mass is 456 g/mol. The topological polar surface area (TPSA) is 139 Å². The smallest absolute Gasteiger partial charge is 0.289 e. The molecule has 0 aliphatic carbocycles. The second kappa shape index (κ2) is 10.1. The summed E-state index contributed by atoms with van der Waals surface area (Å²) in [5, 5.41) is 11.0. The van der Waals surface area contributed by atoms with Gasteiger partial charge in [0.15, 0.2) is 4.90 Å². The van der Waals surface area contributed by atoms with Crippen LogP contribution in [0, 0.1) is 17.0 Å². The molecule has 0 saturated carbocycles. The number of hydrogen-bond donors (Lipinski definition) is 2. The number of sulfonamides is 2. The highest BCUT2D eigenvalue weighted by Crippen LogP contribution is 2.22. The maximum Gasteiger partial charge on any atom is 0.289 e. The zero-order valence-corrected chi connectivity index (χ0v) is 18.2. The predicted octanol–water partition coefficient (Wildman–Crippen LogP) is 1.09. The van der Waals surface area contributed by atoms with Gasteiger partial charge < -0.3 is 4.90 Å². The maximum absolute atomic E-state index is 12.3. The van der Waals surface area contributed by atoms with Crippen LogP contribution in [0.5, 0.6) is 0 Å². The van der Waals surface area contributed by atoms with Crippen LogP contribution in [0.15, 0.2) is 58.3 Å². The largest absolute Gasteiger partial charge is 0.304 e. The first-order chi connectivity index (χ1) is 14.0. The van der Waals surface area contributed by atoms with Crippen molar-refractivity contribution in [2.45, 2.75) is 16.7 Å². The number of hydrogen-bond acceptors (Lipinski definition) is 7. The fraction of sp³-hybridized carbons (Fsp3) is 0.333. The van der Waals surface area contributed by atoms with Crippen LogP contribution < -0.4 is 9.44 Å². The third-order valence-corrected chi connectivity index (χ3v) is 7.44. The first-order valence-corrected chi connectivity index (χ1v) is 12.0. The molecule has 0 atom stereocenters. The van der Waals surface area contributed by atoms with Crippen molar-refractivity contribution in [3.05, 3.63) is 64.2 Å². The molecule has 10 nitrogen and oxygen atoms in total. The lowest BCUT2D eigenvalue weighted by Crippen LogP contribution is -2.37. The first kappa shape index (κ1) is 23.9. The van der Waals surface area contributed by atoms with Crippen LogP contribution in [-0.4, -0.2) is 59.9 Å². The number of para-hydroxylation sites is 1. The van der Waals surface area contributed by atoms with Gasteiger partial charge in [-0.3, -0.25) is 10.1 Å². The molecule has 0 amide bonds. The fourth-order valence-electron chi connectivity index (χ4n) is 2.70. The van der Waals surface area contributed by atoms with E-state index >= 15 is 0 Å². The van der Waals surface area contributed by atoms with Gasteiger partial charge in [-0.1, -0.05) is 30.3 Å². The molecule has 0 aromatic heterocycles. The fourth-order valence-corrected chi connectivity index (χ4v) is 5.16. The summed E-state index contributed by atoms with van der Waals surface area (Å²) in [4.78, 5) is 11.8. The second-order valence-electron chi connectivity index (χ2n) is 6.59. The predicted molar refractivity (Wildman–Crippen MR) is 112 cm³/mol. The van der Waals surface area contributed by atoms with Gasteiger partial charge in [-0.2, -0.15) is 0 Å². The number of nitro benzene ring substituents is 1. The molecule has 30 heavy (non-hydrogen) atoms. The van der Waals surface area contributed by atoms with E-state index in [-0.39, 0.29) is 24.5 Å². The van der Waals surface area contributed by atoms with Crippen molar-refractivity contribution in [2.24, 2.45) is 0 Å². The molecule has 2 N–H and O–H groups in total. The van der Waals surface area contributed by atoms with E-state index < -0.39 is 35.6 Å². The van der Waals surface area contributed by atoms with E-state index in [4.69, 9.17) is 0 Å². The van der Waals surface area contributed by atoms with Gasteiger partial charge in [0, 0.05) is 32.2 Å². The first-order valence-electron chi connectivity index (χ1n) is 9.01. The van der Waals surface area contributed by atoms with Gasteiger partial charge in [-0.15, -0.1) is 0 Å². The Balaban J connectivity index is 1.85. The molecule has 2 aromatic rings. The lowest BCUT2D eigenvalue weighted by molar-refractivity contribution is -0.387. The highest BCUT2D eigenvalue weighted by Gasteiger charge is 2.24. The van der Waals surface area contributed by atoms with Gasteiger partial charge in [0.2, 0.25) is 20.0 Å². The lowest BCUT2D eigenvalue weighted by atomic mass is 10.2. The summed E-state index contributed by atoms with van der Waals surface area (Å²) in [7, 11) is -5.97. The average molecular weight is 457 g/mol. The van der Waals surface area contributed by atoms with E-state index in [9.17, 15) is 26.9 Å². The van der Waals surface area contributed by atoms with Crippen molar-refractivity contribution >= 4 is 25.7 Å². The molecule has 0 spiro atoms. The van der Waals surface area contributed by atoms with Crippen LogP contribution in [0.2, 0.25) is 0 Å². The lowest BCUT2D eigenvalue weighted by Gasteiger charge is -2.17. The summed E-state index contributed by atoms with van der Waals surface area (Å²) in [5.41, 5.74) is 0.145. The summed E-state index contributed by atoms with van der Waals surface area (Å²) in [6.45, 7) is 2.49. The average Bonchev–Trinajstić information content (AvgIpc) is 2.68. The molecular formula is C18H24N4O6S2. The zero-order valence-electron chi connectivity index (χ0n) is 16.6. The molecule has 2 aromatic carbocycles. The van der Waals surface area contributed by atoms with Crippen LogP contribution in [0.1, 0.15) is 5.56 Å². The Hall–Kier alpha value is -2.38. The minimum atomic E-state index is -4.05. The van der Waals surface area contributed by atoms with Crippen LogP contribution in [-0.2, 0) is 20.0 Å². The molecule has 0 fully saturated rings. The van der Waals surface area contributed by atoms with Gasteiger partial charge in [-0.05, 0) is 31.7 Å². The minimum absolute atomic E-state index is 0.00935. The minimum Gasteiger partial charge on any atom is -0.304 e. The number of nitrogens with one attached hydrogen (secondary N) is 2. The normalized spacial score (nSPS) is 12.2. The molecule has 164 valence electrons. The Morgan fingerprint density at radius 1 is 0.867 bits per heavy atom. The van der Waals surface area contributed by atoms with Crippen LogP contribution >= 0.6 is 0 Å². The van der Waals surface area contributed by atoms with Crippen molar-refractivity contribution in [1.29, 1.82) is 0 Å². The van der Waals surface area contributed by atoms with E-state index in [2.05, 4.69) is 9.44 Å². The van der Waals surface area contributed by atoms with E-state index in [0.717, 1.165) is 6.07 Å². The number of benzene rings is 2. The van der Waals surface area contributed by atoms with E-state index in [1.165, 1.54) is 24.3 Å². The Morgan fingerprint density at radius 2 is 1.33 bits per heavy atom. The number of nitrogens with zero attached hydrogens (tertiary/aromatic N) is 2. The molecule has 0 bridgehead atoms. The summed E-state index contributed by atoms with van der Waals surface area (Å²) in [5.74, 6) is 0. The quantitative estimate of drug-likeness (QED) is 0.381. The van der Waals surface area contributed by atoms with E-state index in [0.29, 0.717) is 12.1 Å². The van der Waals surface area contributed by atoms with E-state index in [1.54, 1.807) is 37.1 Å². The van der Waals surface area contributed by atoms with Gasteiger partial charge in [0.25, 0.3) is 5.69 Å². The van der Waals surface area contributed by atoms with Crippen molar-refractivity contribution in [3.63, 3.8) is 0 Å². The summed E-state index contributed by atoms with van der Waals surface area (Å²) >= 11 is 0. The van der Waals surface area contributed by atoms with Crippen LogP contribution in [0.4, 0.5) is 5.69 Å². The van der Waals surface area contributed by atoms with Gasteiger partial charge >= 0.3 is 0 Å². The molecule has 0 unspecified atom stereocenters. The van der Waals surface area contributed by atoms with Crippen molar-refractivity contribution in [3.8, 4) is 0 Å². The van der Waals surface area contributed by atoms with Crippen LogP contribution in [0.25, 0.3) is 0 Å². The molecule has 0 radical (unpaired) electrons. The van der Waals surface area contributed by atoms with Crippen LogP contribution in [0.3, 0.4) is 0 Å². The molecule has 0 heterocycles. The third kappa shape index (κ3) is 6.31. The second-order valence-corrected chi connectivity index (χ2v) is 10.1. The molecule has 2 rings (SSSR count). The number of nitro groups is 1. The maximum atomic E-state index is 12.3. The van der Waals surface area contributed by atoms with Crippen molar-refractivity contribution < 1.29 is 21.8 Å². The standard InChI is InChI=1S/C18H24N4O6S2/c1-15-7-3-5-9-17(15)29(25,26)19-11-13-21(2)14-12-20-30(27,28)18-10-6-4-8-16(18)22(23)24/h3-10,19-20H,11-14H2,1-2H3. The van der Waals surface area contributed by atoms with E-state index in [1.807, 2.05) is 0 Å². The molecular weight excluding hydrogens is 432 g/mol. The molecule has 0 saturated heterocycles.